The van der Waals surface area contributed by atoms with Crippen molar-refractivity contribution in [1.29, 1.82) is 0 Å². The Bertz CT molecular complexity index is 816. The largest absolute Gasteiger partial charge is 0.370 e. The maximum Gasteiger partial charge on any atom is 0.325 e. The number of aryl methyl sites for hydroxylation is 1. The van der Waals surface area contributed by atoms with Gasteiger partial charge >= 0.3 is 12.1 Å². The average molecular weight is 388 g/mol. The van der Waals surface area contributed by atoms with Crippen molar-refractivity contribution in [2.75, 3.05) is 28.6 Å². The highest BCUT2D eigenvalue weighted by Crippen LogP contribution is 2.30. The summed E-state index contributed by atoms with van der Waals surface area (Å²) in [5.41, 5.74) is 8.68. The van der Waals surface area contributed by atoms with E-state index in [2.05, 4.69) is 38.8 Å². The second-order valence-corrected chi connectivity index (χ2v) is 7.37. The molecule has 1 aliphatic heterocycles. The number of nitrogens with two attached hydrogens (primary N) is 1. The predicted molar refractivity (Wildman–Crippen MR) is 108 cm³/mol. The van der Waals surface area contributed by atoms with Gasteiger partial charge in [-0.15, -0.1) is 11.3 Å². The van der Waals surface area contributed by atoms with Crippen LogP contribution in [0.4, 0.5) is 26.1 Å². The molecule has 0 unspecified atom stereocenters. The summed E-state index contributed by atoms with van der Waals surface area (Å²) in [4.78, 5) is 29.7. The highest BCUT2D eigenvalue weighted by atomic mass is 32.1. The molecule has 144 valence electrons. The first-order valence-corrected chi connectivity index (χ1v) is 9.80. The van der Waals surface area contributed by atoms with Gasteiger partial charge in [-0.25, -0.2) is 14.6 Å². The van der Waals surface area contributed by atoms with E-state index >= 15 is 0 Å². The molecular weight excluding hydrogens is 364 g/mol. The van der Waals surface area contributed by atoms with Crippen molar-refractivity contribution in [2.24, 2.45) is 5.73 Å². The van der Waals surface area contributed by atoms with Gasteiger partial charge in [-0.3, -0.25) is 5.32 Å². The van der Waals surface area contributed by atoms with E-state index in [0.717, 1.165) is 30.0 Å². The van der Waals surface area contributed by atoms with Gasteiger partial charge in [0.25, 0.3) is 0 Å². The SMILES string of the molecule is Cc1ccc(NC(=O)Nc2nc(CNC(N)=O)cs2)c(N2CCCCC2)c1. The van der Waals surface area contributed by atoms with Crippen LogP contribution in [-0.4, -0.2) is 30.1 Å². The first-order valence-electron chi connectivity index (χ1n) is 8.92. The molecule has 2 heterocycles. The Morgan fingerprint density at radius 2 is 2.00 bits per heavy atom. The highest BCUT2D eigenvalue weighted by molar-refractivity contribution is 7.13. The predicted octanol–water partition coefficient (Wildman–Crippen LogP) is 3.25. The zero-order chi connectivity index (χ0) is 19.2. The molecule has 1 fully saturated rings. The molecule has 4 amide bonds. The van der Waals surface area contributed by atoms with Gasteiger partial charge in [-0.05, 0) is 43.9 Å². The molecule has 27 heavy (non-hydrogen) atoms. The monoisotopic (exact) mass is 388 g/mol. The summed E-state index contributed by atoms with van der Waals surface area (Å²) in [6.45, 7) is 4.28. The molecule has 1 saturated heterocycles. The Morgan fingerprint density at radius 3 is 2.74 bits per heavy atom. The number of anilines is 3. The van der Waals surface area contributed by atoms with E-state index < -0.39 is 6.03 Å². The van der Waals surface area contributed by atoms with Gasteiger partial charge in [0.2, 0.25) is 0 Å². The smallest absolute Gasteiger partial charge is 0.325 e. The fourth-order valence-electron chi connectivity index (χ4n) is 3.02. The van der Waals surface area contributed by atoms with Crippen LogP contribution in [-0.2, 0) is 6.54 Å². The van der Waals surface area contributed by atoms with Gasteiger partial charge in [0, 0.05) is 18.5 Å². The van der Waals surface area contributed by atoms with Crippen molar-refractivity contribution in [3.05, 3.63) is 34.8 Å². The number of amides is 4. The number of hydrogen-bond donors (Lipinski definition) is 4. The fraction of sp³-hybridized carbons (Fsp3) is 0.389. The molecule has 0 aliphatic carbocycles. The number of rotatable bonds is 5. The first kappa shape index (κ1) is 19.0. The minimum absolute atomic E-state index is 0.228. The maximum absolute atomic E-state index is 12.4. The van der Waals surface area contributed by atoms with Crippen LogP contribution in [0, 0.1) is 6.92 Å². The summed E-state index contributed by atoms with van der Waals surface area (Å²) in [5.74, 6) is 0. The Kier molecular flexibility index (Phi) is 6.12. The molecule has 9 heteroatoms. The van der Waals surface area contributed by atoms with Crippen molar-refractivity contribution in [3.63, 3.8) is 0 Å². The first-order chi connectivity index (χ1) is 13.0. The van der Waals surface area contributed by atoms with E-state index in [1.165, 1.54) is 30.6 Å². The summed E-state index contributed by atoms with van der Waals surface area (Å²) < 4.78 is 0. The number of benzene rings is 1. The molecule has 0 saturated carbocycles. The molecule has 3 rings (SSSR count). The third-order valence-electron chi connectivity index (χ3n) is 4.31. The van der Waals surface area contributed by atoms with Crippen LogP contribution in [0.1, 0.15) is 30.5 Å². The van der Waals surface area contributed by atoms with Gasteiger partial charge in [0.1, 0.15) is 0 Å². The quantitative estimate of drug-likeness (QED) is 0.630. The van der Waals surface area contributed by atoms with Crippen LogP contribution >= 0.6 is 11.3 Å². The number of aromatic nitrogens is 1. The molecule has 0 atom stereocenters. The lowest BCUT2D eigenvalue weighted by Gasteiger charge is -2.30. The van der Waals surface area contributed by atoms with Crippen LogP contribution in [0.5, 0.6) is 0 Å². The number of nitrogens with zero attached hydrogens (tertiary/aromatic N) is 2. The van der Waals surface area contributed by atoms with E-state index in [9.17, 15) is 9.59 Å². The summed E-state index contributed by atoms with van der Waals surface area (Å²) in [7, 11) is 0. The van der Waals surface area contributed by atoms with Gasteiger partial charge in [-0.2, -0.15) is 0 Å². The summed E-state index contributed by atoms with van der Waals surface area (Å²) in [6.07, 6.45) is 3.59. The molecule has 0 spiro atoms. The van der Waals surface area contributed by atoms with Crippen molar-refractivity contribution in [2.45, 2.75) is 32.7 Å². The van der Waals surface area contributed by atoms with Crippen molar-refractivity contribution < 1.29 is 9.59 Å². The zero-order valence-corrected chi connectivity index (χ0v) is 16.1. The van der Waals surface area contributed by atoms with Crippen molar-refractivity contribution in [1.82, 2.24) is 10.3 Å². The molecule has 0 radical (unpaired) electrons. The lowest BCUT2D eigenvalue weighted by Crippen LogP contribution is -2.31. The number of nitrogens with one attached hydrogen (secondary N) is 3. The molecule has 1 aromatic carbocycles. The van der Waals surface area contributed by atoms with E-state index in [1.54, 1.807) is 5.38 Å². The minimum Gasteiger partial charge on any atom is -0.370 e. The Labute approximate surface area is 162 Å². The average Bonchev–Trinajstić information content (AvgIpc) is 3.09. The maximum atomic E-state index is 12.4. The Balaban J connectivity index is 1.64. The standard InChI is InChI=1S/C18H24N6O2S/c1-12-5-6-14(15(9-12)24-7-3-2-4-8-24)22-17(26)23-18-21-13(11-27-18)10-20-16(19)25/h5-6,9,11H,2-4,7-8,10H2,1H3,(H3,19,20,25)(H2,21,22,23,26). The third kappa shape index (κ3) is 5.33. The number of thiazole rings is 1. The number of primary amides is 1. The molecule has 8 nitrogen and oxygen atoms in total. The number of hydrogen-bond acceptors (Lipinski definition) is 5. The Morgan fingerprint density at radius 1 is 1.22 bits per heavy atom. The number of carbonyl (C=O) groups is 2. The van der Waals surface area contributed by atoms with Crippen LogP contribution < -0.4 is 26.6 Å². The van der Waals surface area contributed by atoms with E-state index in [4.69, 9.17) is 5.73 Å². The van der Waals surface area contributed by atoms with Gasteiger partial charge in [-0.1, -0.05) is 6.07 Å². The fourth-order valence-corrected chi connectivity index (χ4v) is 3.72. The van der Waals surface area contributed by atoms with E-state index in [0.29, 0.717) is 10.8 Å². The molecule has 5 N–H and O–H groups in total. The van der Waals surface area contributed by atoms with Crippen molar-refractivity contribution >= 4 is 39.9 Å². The third-order valence-corrected chi connectivity index (χ3v) is 5.12. The van der Waals surface area contributed by atoms with Crippen LogP contribution in [0.15, 0.2) is 23.6 Å². The lowest BCUT2D eigenvalue weighted by atomic mass is 10.1. The molecule has 1 aromatic heterocycles. The Hall–Kier alpha value is -2.81. The minimum atomic E-state index is -0.611. The number of piperidine rings is 1. The highest BCUT2D eigenvalue weighted by Gasteiger charge is 2.16. The number of carbonyl (C=O) groups excluding carboxylic acids is 2. The van der Waals surface area contributed by atoms with Gasteiger partial charge < -0.3 is 21.3 Å². The zero-order valence-electron chi connectivity index (χ0n) is 15.2. The molecular formula is C18H24N6O2S. The van der Waals surface area contributed by atoms with Crippen LogP contribution in [0.2, 0.25) is 0 Å². The van der Waals surface area contributed by atoms with Crippen LogP contribution in [0.3, 0.4) is 0 Å². The molecule has 2 aromatic rings. The van der Waals surface area contributed by atoms with Crippen LogP contribution in [0.25, 0.3) is 0 Å². The number of urea groups is 2. The summed E-state index contributed by atoms with van der Waals surface area (Å²) in [6, 6.07) is 5.07. The van der Waals surface area contributed by atoms with Crippen molar-refractivity contribution in [3.8, 4) is 0 Å². The lowest BCUT2D eigenvalue weighted by molar-refractivity contribution is 0.248. The van der Waals surface area contributed by atoms with Gasteiger partial charge in [0.05, 0.1) is 23.6 Å². The van der Waals surface area contributed by atoms with E-state index in [-0.39, 0.29) is 12.6 Å². The molecule has 0 bridgehead atoms. The topological polar surface area (TPSA) is 112 Å². The second-order valence-electron chi connectivity index (χ2n) is 6.51. The van der Waals surface area contributed by atoms with Gasteiger partial charge in [0.15, 0.2) is 5.13 Å². The van der Waals surface area contributed by atoms with E-state index in [1.807, 2.05) is 12.1 Å². The normalized spacial score (nSPS) is 13.9. The second kappa shape index (κ2) is 8.72. The summed E-state index contributed by atoms with van der Waals surface area (Å²) >= 11 is 1.29. The molecule has 1 aliphatic rings. The summed E-state index contributed by atoms with van der Waals surface area (Å²) in [5, 5.41) is 10.4.